The fourth-order valence-corrected chi connectivity index (χ4v) is 15.1. The fourth-order valence-electron chi connectivity index (χ4n) is 15.1. The van der Waals surface area contributed by atoms with Crippen molar-refractivity contribution in [3.8, 4) is 27.9 Å². The van der Waals surface area contributed by atoms with Crippen molar-refractivity contribution in [1.82, 2.24) is 4.57 Å². The summed E-state index contributed by atoms with van der Waals surface area (Å²) in [7, 11) is 0. The fraction of sp³-hybridized carbons (Fsp3) is 0.0488. The molecule has 0 amide bonds. The van der Waals surface area contributed by atoms with Crippen LogP contribution in [0.25, 0.3) is 114 Å². The van der Waals surface area contributed by atoms with Crippen molar-refractivity contribution in [3.05, 3.63) is 291 Å². The zero-order valence-corrected chi connectivity index (χ0v) is 48.1. The molecule has 0 saturated carbocycles. The minimum absolute atomic E-state index is 0.00153. The van der Waals surface area contributed by atoms with E-state index in [-0.39, 0.29) is 12.1 Å². The second-order valence-electron chi connectivity index (χ2n) is 24.8. The number of rotatable bonds is 5. The highest BCUT2D eigenvalue weighted by Crippen LogP contribution is 2.50. The summed E-state index contributed by atoms with van der Waals surface area (Å²) in [6.45, 7) is 6.77. The first-order valence-electron chi connectivity index (χ1n) is 30.2. The van der Waals surface area contributed by atoms with Gasteiger partial charge in [-0.2, -0.15) is 0 Å². The molecule has 4 heteroatoms. The molecule has 0 radical (unpaired) electrons. The summed E-state index contributed by atoms with van der Waals surface area (Å²) in [5, 5.41) is 17.6. The van der Waals surface area contributed by atoms with Gasteiger partial charge in [-0.05, 0) is 181 Å². The molecule has 0 fully saturated rings. The average Bonchev–Trinajstić information content (AvgIpc) is 0.817. The molecular weight excluding hydrogens is 1040 g/mol. The molecule has 0 atom stereocenters. The standard InChI is InChI=1S/C82H56BN3/c1-82(2,3)55-36-33-52(34-37-55)54-46-79-81-80(47-54)86(57-39-42-68-64-26-10-8-22-60(64)62-24-12-14-28-66(62)72(68)49-57)78-50-58(84-75-31-17-15-29-69(75)70-30-16-18-32-76(70)84)40-43-73(78)83(81)74-45-53(51-19-5-4-6-20-51)35-44-77(74)85(79)56-38-41-67-63-25-9-7-21-59(63)61-23-11-13-27-65(61)71(67)48-56/h4-50H,1-3H3. The third-order valence-corrected chi connectivity index (χ3v) is 19.1. The van der Waals surface area contributed by atoms with Crippen LogP contribution in [0.2, 0.25) is 0 Å². The maximum atomic E-state index is 2.63. The van der Waals surface area contributed by atoms with Gasteiger partial charge in [0, 0.05) is 50.6 Å². The van der Waals surface area contributed by atoms with Crippen molar-refractivity contribution in [3.63, 3.8) is 0 Å². The van der Waals surface area contributed by atoms with Crippen molar-refractivity contribution >= 4 is 144 Å². The number of hydrogen-bond acceptors (Lipinski definition) is 2. The van der Waals surface area contributed by atoms with Crippen molar-refractivity contribution in [1.29, 1.82) is 0 Å². The Morgan fingerprint density at radius 1 is 0.256 bits per heavy atom. The van der Waals surface area contributed by atoms with Gasteiger partial charge in [-0.15, -0.1) is 0 Å². The maximum Gasteiger partial charge on any atom is 0.252 e. The molecule has 16 aromatic rings. The van der Waals surface area contributed by atoms with Gasteiger partial charge in [0.25, 0.3) is 6.71 Å². The molecule has 18 rings (SSSR count). The molecule has 0 bridgehead atoms. The molecule has 0 unspecified atom stereocenters. The van der Waals surface area contributed by atoms with Gasteiger partial charge in [-0.25, -0.2) is 0 Å². The zero-order chi connectivity index (χ0) is 56.9. The highest BCUT2D eigenvalue weighted by Gasteiger charge is 2.44. The van der Waals surface area contributed by atoms with Crippen LogP contribution in [-0.4, -0.2) is 11.3 Å². The van der Waals surface area contributed by atoms with Crippen LogP contribution in [0, 0.1) is 0 Å². The Labute approximate surface area is 499 Å². The zero-order valence-electron chi connectivity index (χ0n) is 48.1. The number of benzene rings is 15. The number of para-hydroxylation sites is 2. The van der Waals surface area contributed by atoms with Crippen LogP contribution < -0.4 is 26.2 Å². The summed E-state index contributed by atoms with van der Waals surface area (Å²) >= 11 is 0. The maximum absolute atomic E-state index is 2.63. The molecule has 402 valence electrons. The second-order valence-corrected chi connectivity index (χ2v) is 24.8. The summed E-state index contributed by atoms with van der Waals surface area (Å²) in [5.41, 5.74) is 20.2. The number of hydrogen-bond donors (Lipinski definition) is 0. The topological polar surface area (TPSA) is 11.4 Å². The van der Waals surface area contributed by atoms with Gasteiger partial charge in [-0.3, -0.25) is 0 Å². The largest absolute Gasteiger partial charge is 0.311 e. The quantitative estimate of drug-likeness (QED) is 0.126. The molecule has 2 aliphatic heterocycles. The molecule has 3 heterocycles. The second kappa shape index (κ2) is 18.4. The Morgan fingerprint density at radius 2 is 0.663 bits per heavy atom. The van der Waals surface area contributed by atoms with E-state index in [1.165, 1.54) is 136 Å². The highest BCUT2D eigenvalue weighted by molar-refractivity contribution is 7.00. The molecule has 86 heavy (non-hydrogen) atoms. The number of nitrogens with zero attached hydrogens (tertiary/aromatic N) is 3. The van der Waals surface area contributed by atoms with Gasteiger partial charge in [-0.1, -0.05) is 239 Å². The van der Waals surface area contributed by atoms with Gasteiger partial charge >= 0.3 is 0 Å². The van der Waals surface area contributed by atoms with Crippen LogP contribution in [0.1, 0.15) is 26.3 Å². The van der Waals surface area contributed by atoms with Crippen LogP contribution >= 0.6 is 0 Å². The van der Waals surface area contributed by atoms with E-state index in [1.54, 1.807) is 0 Å². The summed E-state index contributed by atoms with van der Waals surface area (Å²) in [6.07, 6.45) is 0. The van der Waals surface area contributed by atoms with Gasteiger partial charge in [0.1, 0.15) is 0 Å². The summed E-state index contributed by atoms with van der Waals surface area (Å²) < 4.78 is 2.48. The lowest BCUT2D eigenvalue weighted by molar-refractivity contribution is 0.590. The molecule has 0 spiro atoms. The first kappa shape index (κ1) is 48.8. The Morgan fingerprint density at radius 3 is 1.16 bits per heavy atom. The number of anilines is 6. The van der Waals surface area contributed by atoms with Gasteiger partial charge in [0.2, 0.25) is 0 Å². The molecule has 1 aromatic heterocycles. The molecule has 0 N–H and O–H groups in total. The normalized spacial score (nSPS) is 13.0. The lowest BCUT2D eigenvalue weighted by Crippen LogP contribution is -2.61. The number of fused-ring (bicyclic) bond motifs is 19. The van der Waals surface area contributed by atoms with E-state index in [2.05, 4.69) is 320 Å². The molecule has 0 aliphatic carbocycles. The van der Waals surface area contributed by atoms with E-state index >= 15 is 0 Å². The number of aromatic nitrogens is 1. The van der Waals surface area contributed by atoms with Crippen LogP contribution in [-0.2, 0) is 5.41 Å². The Kier molecular flexibility index (Phi) is 10.5. The molecule has 2 aliphatic rings. The highest BCUT2D eigenvalue weighted by atomic mass is 15.2. The Balaban J connectivity index is 0.978. The van der Waals surface area contributed by atoms with Crippen molar-refractivity contribution in [2.24, 2.45) is 0 Å². The average molecular weight is 1090 g/mol. The third-order valence-electron chi connectivity index (χ3n) is 19.1. The minimum Gasteiger partial charge on any atom is -0.311 e. The lowest BCUT2D eigenvalue weighted by atomic mass is 9.33. The summed E-state index contributed by atoms with van der Waals surface area (Å²) in [4.78, 5) is 5.23. The van der Waals surface area contributed by atoms with E-state index < -0.39 is 0 Å². The van der Waals surface area contributed by atoms with Crippen molar-refractivity contribution < 1.29 is 0 Å². The van der Waals surface area contributed by atoms with Crippen molar-refractivity contribution in [2.45, 2.75) is 26.2 Å². The Hall–Kier alpha value is -10.7. The first-order chi connectivity index (χ1) is 42.3. The predicted molar refractivity (Wildman–Crippen MR) is 369 cm³/mol. The van der Waals surface area contributed by atoms with E-state index in [1.807, 2.05) is 0 Å². The molecule has 0 saturated heterocycles. The summed E-state index contributed by atoms with van der Waals surface area (Å²) in [6, 6.07) is 108. The monoisotopic (exact) mass is 1090 g/mol. The van der Waals surface area contributed by atoms with E-state index in [4.69, 9.17) is 0 Å². The molecular formula is C82H56BN3. The minimum atomic E-state index is -0.138. The lowest BCUT2D eigenvalue weighted by Gasteiger charge is -2.45. The predicted octanol–water partition coefficient (Wildman–Crippen LogP) is 20.4. The van der Waals surface area contributed by atoms with Crippen LogP contribution in [0.5, 0.6) is 0 Å². The van der Waals surface area contributed by atoms with Gasteiger partial charge in [0.05, 0.1) is 11.0 Å². The van der Waals surface area contributed by atoms with Gasteiger partial charge < -0.3 is 14.4 Å². The Bertz CT molecular complexity index is 5410. The smallest absolute Gasteiger partial charge is 0.252 e. The first-order valence-corrected chi connectivity index (χ1v) is 30.2. The molecule has 3 nitrogen and oxygen atoms in total. The van der Waals surface area contributed by atoms with Crippen LogP contribution in [0.15, 0.2) is 285 Å². The van der Waals surface area contributed by atoms with Crippen molar-refractivity contribution in [2.75, 3.05) is 9.80 Å². The SMILES string of the molecule is CC(C)(C)c1ccc(-c2cc3c4c(c2)N(c2ccc5c6ccccc6c6ccccc6c5c2)c2cc(-n5c6ccccc6c6ccccc65)ccc2B4c2cc(-c4ccccc4)ccc2N3c2ccc3c4ccccc4c4ccccc4c3c2)cc1. The van der Waals surface area contributed by atoms with E-state index in [0.717, 1.165) is 34.0 Å². The van der Waals surface area contributed by atoms with Crippen LogP contribution in [0.3, 0.4) is 0 Å². The third kappa shape index (κ3) is 7.17. The summed E-state index contributed by atoms with van der Waals surface area (Å²) in [5.74, 6) is 0. The molecule has 15 aromatic carbocycles. The van der Waals surface area contributed by atoms with E-state index in [9.17, 15) is 0 Å². The van der Waals surface area contributed by atoms with E-state index in [0.29, 0.717) is 0 Å². The van der Waals surface area contributed by atoms with Crippen LogP contribution in [0.4, 0.5) is 34.1 Å². The van der Waals surface area contributed by atoms with Gasteiger partial charge in [0.15, 0.2) is 0 Å².